The quantitative estimate of drug-likeness (QED) is 0.311. The van der Waals surface area contributed by atoms with Crippen molar-refractivity contribution in [3.05, 3.63) is 82.5 Å². The summed E-state index contributed by atoms with van der Waals surface area (Å²) in [6.07, 6.45) is -0.613. The molecule has 5 nitrogen and oxygen atoms in total. The van der Waals surface area contributed by atoms with Crippen molar-refractivity contribution in [3.8, 4) is 11.3 Å². The number of rotatable bonds is 6. The van der Waals surface area contributed by atoms with Crippen LogP contribution in [-0.2, 0) is 12.7 Å². The number of hydrogen-bond donors (Lipinski definition) is 1. The number of alkyl halides is 3. The summed E-state index contributed by atoms with van der Waals surface area (Å²) in [5.41, 5.74) is 3.09. The van der Waals surface area contributed by atoms with E-state index in [0.29, 0.717) is 29.6 Å². The van der Waals surface area contributed by atoms with Crippen molar-refractivity contribution in [1.82, 2.24) is 19.5 Å². The van der Waals surface area contributed by atoms with Gasteiger partial charge in [-0.3, -0.25) is 4.90 Å². The van der Waals surface area contributed by atoms with Crippen molar-refractivity contribution in [2.75, 3.05) is 25.0 Å². The van der Waals surface area contributed by atoms with Gasteiger partial charge in [0.25, 0.3) is 0 Å². The number of benzene rings is 2. The third-order valence-corrected chi connectivity index (χ3v) is 7.02. The number of aryl methyl sites for hydroxylation is 1. The lowest BCUT2D eigenvalue weighted by molar-refractivity contribution is -0.138. The van der Waals surface area contributed by atoms with Gasteiger partial charge < -0.3 is 5.32 Å². The van der Waals surface area contributed by atoms with Crippen LogP contribution in [0.15, 0.2) is 60.8 Å². The first-order chi connectivity index (χ1) is 17.3. The molecule has 188 valence electrons. The maximum atomic E-state index is 13.4. The number of aromatic nitrogens is 3. The van der Waals surface area contributed by atoms with Gasteiger partial charge in [-0.05, 0) is 49.9 Å². The lowest BCUT2D eigenvalue weighted by Crippen LogP contribution is -2.38. The highest BCUT2D eigenvalue weighted by atomic mass is 35.5. The molecule has 1 aliphatic heterocycles. The fraction of sp³-hybridized carbons (Fsp3) is 0.333. The fourth-order valence-electron chi connectivity index (χ4n) is 4.89. The van der Waals surface area contributed by atoms with E-state index in [4.69, 9.17) is 16.6 Å². The highest BCUT2D eigenvalue weighted by Gasteiger charge is 2.33. The maximum absolute atomic E-state index is 13.4. The van der Waals surface area contributed by atoms with Crippen molar-refractivity contribution in [2.45, 2.75) is 32.5 Å². The zero-order valence-corrected chi connectivity index (χ0v) is 20.7. The Hall–Kier alpha value is -3.10. The van der Waals surface area contributed by atoms with Gasteiger partial charge in [-0.1, -0.05) is 48.0 Å². The van der Waals surface area contributed by atoms with Crippen molar-refractivity contribution in [2.24, 2.45) is 5.92 Å². The fourth-order valence-corrected chi connectivity index (χ4v) is 5.12. The van der Waals surface area contributed by atoms with Crippen LogP contribution in [0.3, 0.4) is 0 Å². The molecular weight excluding hydrogens is 487 g/mol. The predicted octanol–water partition coefficient (Wildman–Crippen LogP) is 6.70. The largest absolute Gasteiger partial charge is 0.416 e. The van der Waals surface area contributed by atoms with Crippen LogP contribution in [-0.4, -0.2) is 39.1 Å². The van der Waals surface area contributed by atoms with Crippen molar-refractivity contribution in [3.63, 3.8) is 0 Å². The summed E-state index contributed by atoms with van der Waals surface area (Å²) in [6.45, 7) is 4.45. The Balaban J connectivity index is 1.33. The highest BCUT2D eigenvalue weighted by molar-refractivity contribution is 6.33. The standard InChI is InChI=1S/C27H27ClF3N5/c1-18-14-33-36-25(13-24(34-26(18)36)21-9-3-5-11-23(21)28)32-15-19-7-6-12-35(16-19)17-20-8-2-4-10-22(20)27(29,30)31/h2-5,8-11,13-14,19,32H,6-7,12,15-17H2,1H3. The zero-order valence-electron chi connectivity index (χ0n) is 19.9. The minimum absolute atomic E-state index is 0.292. The van der Waals surface area contributed by atoms with Gasteiger partial charge in [-0.15, -0.1) is 0 Å². The summed E-state index contributed by atoms with van der Waals surface area (Å²) in [4.78, 5) is 6.90. The van der Waals surface area contributed by atoms with Gasteiger partial charge >= 0.3 is 6.18 Å². The first-order valence-corrected chi connectivity index (χ1v) is 12.4. The number of nitrogens with zero attached hydrogens (tertiary/aromatic N) is 4. The van der Waals surface area contributed by atoms with Crippen LogP contribution in [0.4, 0.5) is 19.0 Å². The first-order valence-electron chi connectivity index (χ1n) is 12.0. The maximum Gasteiger partial charge on any atom is 0.416 e. The Labute approximate surface area is 212 Å². The normalized spacial score (nSPS) is 17.0. The molecule has 1 unspecified atom stereocenters. The van der Waals surface area contributed by atoms with Crippen molar-refractivity contribution < 1.29 is 13.2 Å². The summed E-state index contributed by atoms with van der Waals surface area (Å²) in [5, 5.41) is 8.64. The van der Waals surface area contributed by atoms with Crippen LogP contribution in [0.1, 0.15) is 29.5 Å². The second-order valence-electron chi connectivity index (χ2n) is 9.35. The first kappa shape index (κ1) is 24.6. The van der Waals surface area contributed by atoms with E-state index in [0.717, 1.165) is 60.3 Å². The molecule has 2 aromatic heterocycles. The van der Waals surface area contributed by atoms with E-state index >= 15 is 0 Å². The van der Waals surface area contributed by atoms with Crippen LogP contribution in [0.5, 0.6) is 0 Å². The molecule has 0 bridgehead atoms. The van der Waals surface area contributed by atoms with E-state index in [-0.39, 0.29) is 0 Å². The molecule has 0 spiro atoms. The third kappa shape index (κ3) is 5.20. The van der Waals surface area contributed by atoms with Gasteiger partial charge in [0.2, 0.25) is 0 Å². The molecule has 1 N–H and O–H groups in total. The van der Waals surface area contributed by atoms with E-state index in [2.05, 4.69) is 15.3 Å². The van der Waals surface area contributed by atoms with Crippen molar-refractivity contribution >= 4 is 23.1 Å². The van der Waals surface area contributed by atoms with Gasteiger partial charge in [-0.2, -0.15) is 22.8 Å². The number of fused-ring (bicyclic) bond motifs is 1. The molecule has 1 fully saturated rings. The molecule has 1 atom stereocenters. The SMILES string of the molecule is Cc1cnn2c(NCC3CCCN(Cc4ccccc4C(F)(F)F)C3)cc(-c3ccccc3Cl)nc12. The lowest BCUT2D eigenvalue weighted by atomic mass is 9.96. The Morgan fingerprint density at radius 1 is 1.11 bits per heavy atom. The molecule has 36 heavy (non-hydrogen) atoms. The zero-order chi connectivity index (χ0) is 25.3. The Bertz CT molecular complexity index is 1370. The van der Waals surface area contributed by atoms with Crippen LogP contribution in [0.25, 0.3) is 16.9 Å². The van der Waals surface area contributed by atoms with Gasteiger partial charge in [0.1, 0.15) is 5.82 Å². The van der Waals surface area contributed by atoms with Crippen LogP contribution in [0, 0.1) is 12.8 Å². The molecule has 9 heteroatoms. The molecule has 0 radical (unpaired) electrons. The molecule has 3 heterocycles. The number of anilines is 1. The van der Waals surface area contributed by atoms with E-state index in [1.807, 2.05) is 37.3 Å². The van der Waals surface area contributed by atoms with Crippen LogP contribution >= 0.6 is 11.6 Å². The molecule has 0 aliphatic carbocycles. The summed E-state index contributed by atoms with van der Waals surface area (Å²) in [7, 11) is 0. The van der Waals surface area contributed by atoms with Crippen LogP contribution in [0.2, 0.25) is 5.02 Å². The molecule has 2 aromatic carbocycles. The van der Waals surface area contributed by atoms with E-state index in [1.54, 1.807) is 22.8 Å². The summed E-state index contributed by atoms with van der Waals surface area (Å²) < 4.78 is 42.1. The van der Waals surface area contributed by atoms with Crippen LogP contribution < -0.4 is 5.32 Å². The molecular formula is C27H27ClF3N5. The highest BCUT2D eigenvalue weighted by Crippen LogP contribution is 2.33. The smallest absolute Gasteiger partial charge is 0.370 e. The Kier molecular flexibility index (Phi) is 6.90. The van der Waals surface area contributed by atoms with Gasteiger partial charge in [0.05, 0.1) is 17.5 Å². The number of likely N-dealkylation sites (tertiary alicyclic amines) is 1. The molecule has 0 saturated carbocycles. The second kappa shape index (κ2) is 10.1. The van der Waals surface area contributed by atoms with Crippen molar-refractivity contribution in [1.29, 1.82) is 0 Å². The van der Waals surface area contributed by atoms with E-state index in [9.17, 15) is 13.2 Å². The average molecular weight is 514 g/mol. The topological polar surface area (TPSA) is 45.5 Å². The number of halogens is 4. The lowest BCUT2D eigenvalue weighted by Gasteiger charge is -2.33. The number of hydrogen-bond acceptors (Lipinski definition) is 4. The molecule has 5 rings (SSSR count). The van der Waals surface area contributed by atoms with Gasteiger partial charge in [0, 0.05) is 41.9 Å². The third-order valence-electron chi connectivity index (χ3n) is 6.69. The number of nitrogens with one attached hydrogen (secondary N) is 1. The second-order valence-corrected chi connectivity index (χ2v) is 9.76. The summed E-state index contributed by atoms with van der Waals surface area (Å²) in [6, 6.07) is 15.4. The summed E-state index contributed by atoms with van der Waals surface area (Å²) >= 11 is 6.44. The van der Waals surface area contributed by atoms with Gasteiger partial charge in [0.15, 0.2) is 5.65 Å². The minimum Gasteiger partial charge on any atom is -0.370 e. The molecule has 4 aromatic rings. The molecule has 1 aliphatic rings. The van der Waals surface area contributed by atoms with Gasteiger partial charge in [-0.25, -0.2) is 4.98 Å². The molecule has 1 saturated heterocycles. The Morgan fingerprint density at radius 2 is 1.89 bits per heavy atom. The van der Waals surface area contributed by atoms with E-state index < -0.39 is 11.7 Å². The monoisotopic (exact) mass is 513 g/mol. The molecule has 0 amide bonds. The average Bonchev–Trinajstić information content (AvgIpc) is 3.23. The van der Waals surface area contributed by atoms with E-state index in [1.165, 1.54) is 6.07 Å². The predicted molar refractivity (Wildman–Crippen MR) is 136 cm³/mol. The minimum atomic E-state index is -4.35. The Morgan fingerprint density at radius 3 is 2.69 bits per heavy atom. The number of piperidine rings is 1. The summed E-state index contributed by atoms with van der Waals surface area (Å²) in [5.74, 6) is 1.10.